The average molecular weight is 494 g/mol. The molecule has 0 unspecified atom stereocenters. The van der Waals surface area contributed by atoms with Crippen molar-refractivity contribution in [3.8, 4) is 17.6 Å². The lowest BCUT2D eigenvalue weighted by Crippen LogP contribution is -2.55. The first kappa shape index (κ1) is 22.8. The highest BCUT2D eigenvalue weighted by Crippen LogP contribution is 2.48. The molecule has 1 aromatic heterocycles. The van der Waals surface area contributed by atoms with Crippen LogP contribution < -0.4 is 14.5 Å². The number of thiocarbonyl (C=S) groups is 1. The summed E-state index contributed by atoms with van der Waals surface area (Å²) < 4.78 is 46.5. The van der Waals surface area contributed by atoms with Gasteiger partial charge in [-0.15, -0.1) is 0 Å². The predicted molar refractivity (Wildman–Crippen MR) is 126 cm³/mol. The number of rotatable bonds is 4. The minimum atomic E-state index is -4.81. The molecule has 1 saturated carbocycles. The summed E-state index contributed by atoms with van der Waals surface area (Å²) in [6.07, 6.45) is -1.96. The summed E-state index contributed by atoms with van der Waals surface area (Å²) in [6, 6.07) is 18.4. The standard InChI is InChI=1S/C25H17F3N4O2S/c26-25(27,28)20-13-17(15-30-21(20)14-29)31-22(33)24(10-5-11-24)32(23(31)35)16-6-4-9-19(12-16)34-18-7-2-1-3-8-18/h1-4,6-9,12-13,15H,5,10-11H2. The molecule has 35 heavy (non-hydrogen) atoms. The molecule has 0 bridgehead atoms. The van der Waals surface area contributed by atoms with Crippen LogP contribution in [0.5, 0.6) is 11.5 Å². The zero-order valence-corrected chi connectivity index (χ0v) is 18.9. The molecule has 0 atom stereocenters. The highest BCUT2D eigenvalue weighted by molar-refractivity contribution is 7.81. The van der Waals surface area contributed by atoms with Gasteiger partial charge in [-0.2, -0.15) is 18.4 Å². The number of amides is 1. The predicted octanol–water partition coefficient (Wildman–Crippen LogP) is 5.83. The van der Waals surface area contributed by atoms with E-state index < -0.39 is 28.9 Å². The Balaban J connectivity index is 1.54. The molecule has 0 N–H and O–H groups in total. The van der Waals surface area contributed by atoms with Gasteiger partial charge in [-0.05, 0) is 61.8 Å². The largest absolute Gasteiger partial charge is 0.457 e. The van der Waals surface area contributed by atoms with Crippen molar-refractivity contribution in [2.45, 2.75) is 31.0 Å². The molecule has 1 saturated heterocycles. The van der Waals surface area contributed by atoms with E-state index in [4.69, 9.17) is 22.2 Å². The first-order chi connectivity index (χ1) is 16.7. The lowest BCUT2D eigenvalue weighted by Gasteiger charge is -2.43. The summed E-state index contributed by atoms with van der Waals surface area (Å²) >= 11 is 5.64. The van der Waals surface area contributed by atoms with E-state index in [1.165, 1.54) is 6.07 Å². The topological polar surface area (TPSA) is 69.5 Å². The molecule has 5 rings (SSSR count). The third-order valence-corrected chi connectivity index (χ3v) is 6.56. The van der Waals surface area contributed by atoms with Crippen LogP contribution in [0.25, 0.3) is 0 Å². The third kappa shape index (κ3) is 3.78. The van der Waals surface area contributed by atoms with Crippen molar-refractivity contribution in [2.24, 2.45) is 0 Å². The Labute approximate surface area is 204 Å². The lowest BCUT2D eigenvalue weighted by atomic mass is 9.75. The summed E-state index contributed by atoms with van der Waals surface area (Å²) in [4.78, 5) is 20.0. The quantitative estimate of drug-likeness (QED) is 0.426. The van der Waals surface area contributed by atoms with Gasteiger partial charge < -0.3 is 9.64 Å². The Morgan fingerprint density at radius 2 is 1.74 bits per heavy atom. The van der Waals surface area contributed by atoms with Gasteiger partial charge in [0.15, 0.2) is 10.8 Å². The van der Waals surface area contributed by atoms with Gasteiger partial charge in [0.05, 0.1) is 17.4 Å². The second kappa shape index (κ2) is 8.36. The van der Waals surface area contributed by atoms with E-state index in [0.29, 0.717) is 30.0 Å². The second-order valence-electron chi connectivity index (χ2n) is 8.26. The van der Waals surface area contributed by atoms with Gasteiger partial charge in [0, 0.05) is 11.8 Å². The van der Waals surface area contributed by atoms with E-state index in [0.717, 1.165) is 23.6 Å². The van der Waals surface area contributed by atoms with Gasteiger partial charge in [0.1, 0.15) is 23.1 Å². The Hall–Kier alpha value is -3.97. The van der Waals surface area contributed by atoms with Crippen molar-refractivity contribution in [1.29, 1.82) is 5.26 Å². The molecular formula is C25H17F3N4O2S. The number of para-hydroxylation sites is 1. The van der Waals surface area contributed by atoms with Crippen LogP contribution in [-0.4, -0.2) is 21.5 Å². The van der Waals surface area contributed by atoms with Gasteiger partial charge in [0.2, 0.25) is 0 Å². The summed E-state index contributed by atoms with van der Waals surface area (Å²) in [5.74, 6) is 0.743. The van der Waals surface area contributed by atoms with E-state index >= 15 is 0 Å². The number of nitrogens with zero attached hydrogens (tertiary/aromatic N) is 4. The molecule has 1 aliphatic heterocycles. The van der Waals surface area contributed by atoms with E-state index in [9.17, 15) is 18.0 Å². The van der Waals surface area contributed by atoms with Crippen LogP contribution in [0.2, 0.25) is 0 Å². The molecule has 10 heteroatoms. The molecular weight excluding hydrogens is 477 g/mol. The highest BCUT2D eigenvalue weighted by Gasteiger charge is 2.59. The molecule has 2 heterocycles. The molecule has 2 aliphatic rings. The second-order valence-corrected chi connectivity index (χ2v) is 8.62. The van der Waals surface area contributed by atoms with Gasteiger partial charge >= 0.3 is 6.18 Å². The molecule has 2 aromatic carbocycles. The number of halogens is 3. The molecule has 176 valence electrons. The number of benzene rings is 2. The molecule has 1 aliphatic carbocycles. The van der Waals surface area contributed by atoms with Crippen molar-refractivity contribution < 1.29 is 22.7 Å². The molecule has 1 amide bonds. The van der Waals surface area contributed by atoms with Crippen LogP contribution in [-0.2, 0) is 11.0 Å². The third-order valence-electron chi connectivity index (χ3n) is 6.19. The maximum atomic E-state index is 13.6. The van der Waals surface area contributed by atoms with Crippen LogP contribution in [0.1, 0.15) is 30.5 Å². The average Bonchev–Trinajstić information content (AvgIpc) is 3.05. The first-order valence-corrected chi connectivity index (χ1v) is 11.1. The summed E-state index contributed by atoms with van der Waals surface area (Å²) in [5.41, 5.74) is -2.50. The van der Waals surface area contributed by atoms with E-state index in [-0.39, 0.29) is 10.8 Å². The smallest absolute Gasteiger partial charge is 0.419 e. The van der Waals surface area contributed by atoms with Crippen molar-refractivity contribution in [1.82, 2.24) is 4.98 Å². The van der Waals surface area contributed by atoms with Gasteiger partial charge in [-0.25, -0.2) is 4.98 Å². The number of hydrogen-bond acceptors (Lipinski definition) is 5. The fraction of sp³-hybridized carbons (Fsp3) is 0.200. The lowest BCUT2D eigenvalue weighted by molar-refractivity contribution is -0.138. The number of ether oxygens (including phenoxy) is 1. The van der Waals surface area contributed by atoms with Crippen molar-refractivity contribution in [2.75, 3.05) is 9.80 Å². The molecule has 2 fully saturated rings. The van der Waals surface area contributed by atoms with E-state index in [2.05, 4.69) is 4.98 Å². The van der Waals surface area contributed by atoms with Crippen molar-refractivity contribution >= 4 is 34.6 Å². The molecule has 1 spiro atoms. The summed E-state index contributed by atoms with van der Waals surface area (Å²) in [5, 5.41) is 9.10. The normalized spacial score (nSPS) is 16.9. The van der Waals surface area contributed by atoms with E-state index in [1.54, 1.807) is 29.2 Å². The number of pyridine rings is 1. The summed E-state index contributed by atoms with van der Waals surface area (Å²) in [6.45, 7) is 0. The monoisotopic (exact) mass is 494 g/mol. The number of aromatic nitrogens is 1. The maximum absolute atomic E-state index is 13.6. The van der Waals surface area contributed by atoms with Crippen molar-refractivity contribution in [3.05, 3.63) is 78.1 Å². The zero-order chi connectivity index (χ0) is 24.8. The van der Waals surface area contributed by atoms with Gasteiger partial charge in [-0.3, -0.25) is 9.69 Å². The number of alkyl halides is 3. The fourth-order valence-electron chi connectivity index (χ4n) is 4.40. The number of hydrogen-bond donors (Lipinski definition) is 0. The molecule has 6 nitrogen and oxygen atoms in total. The SMILES string of the molecule is N#Cc1ncc(N2C(=O)C3(CCC3)N(c3cccc(Oc4ccccc4)c3)C2=S)cc1C(F)(F)F. The Kier molecular flexibility index (Phi) is 5.44. The van der Waals surface area contributed by atoms with Crippen LogP contribution in [0, 0.1) is 11.3 Å². The number of carbonyl (C=O) groups is 1. The van der Waals surface area contributed by atoms with E-state index in [1.807, 2.05) is 30.3 Å². The van der Waals surface area contributed by atoms with Crippen LogP contribution in [0.4, 0.5) is 24.5 Å². The van der Waals surface area contributed by atoms with Crippen LogP contribution in [0.15, 0.2) is 66.9 Å². The van der Waals surface area contributed by atoms with Crippen molar-refractivity contribution in [3.63, 3.8) is 0 Å². The minimum Gasteiger partial charge on any atom is -0.457 e. The minimum absolute atomic E-state index is 0.0474. The Morgan fingerprint density at radius 1 is 1.03 bits per heavy atom. The number of carbonyl (C=O) groups excluding carboxylic acids is 1. The fourth-order valence-corrected chi connectivity index (χ4v) is 4.87. The molecule has 3 aromatic rings. The Bertz CT molecular complexity index is 1370. The van der Waals surface area contributed by atoms with Crippen LogP contribution >= 0.6 is 12.2 Å². The first-order valence-electron chi connectivity index (χ1n) is 10.7. The Morgan fingerprint density at radius 3 is 2.37 bits per heavy atom. The zero-order valence-electron chi connectivity index (χ0n) is 18.1. The maximum Gasteiger partial charge on any atom is 0.419 e. The highest BCUT2D eigenvalue weighted by atomic mass is 32.1. The number of nitriles is 1. The van der Waals surface area contributed by atoms with Crippen LogP contribution in [0.3, 0.4) is 0 Å². The van der Waals surface area contributed by atoms with Gasteiger partial charge in [0.25, 0.3) is 5.91 Å². The van der Waals surface area contributed by atoms with Gasteiger partial charge in [-0.1, -0.05) is 24.3 Å². The molecule has 0 radical (unpaired) electrons. The summed E-state index contributed by atoms with van der Waals surface area (Å²) in [7, 11) is 0. The number of anilines is 2.